The highest BCUT2D eigenvalue weighted by atomic mass is 28.4. The largest absolute Gasteiger partial charge is 0.528 e. The predicted molar refractivity (Wildman–Crippen MR) is 83.0 cm³/mol. The van der Waals surface area contributed by atoms with E-state index in [1.807, 2.05) is 0 Å². The zero-order valence-electron chi connectivity index (χ0n) is 11.3. The third kappa shape index (κ3) is 4.34. The van der Waals surface area contributed by atoms with Crippen LogP contribution >= 0.6 is 0 Å². The molecule has 0 amide bonds. The first kappa shape index (κ1) is 16.6. The highest BCUT2D eigenvalue weighted by molar-refractivity contribution is 6.72. The lowest BCUT2D eigenvalue weighted by Crippen LogP contribution is -2.48. The van der Waals surface area contributed by atoms with Gasteiger partial charge in [0, 0.05) is 21.5 Å². The summed E-state index contributed by atoms with van der Waals surface area (Å²) in [5, 5.41) is 0.134. The molecular weight excluding hydrogens is 320 g/mol. The van der Waals surface area contributed by atoms with Gasteiger partial charge < -0.3 is 28.8 Å². The molecule has 0 aromatic heterocycles. The van der Waals surface area contributed by atoms with E-state index in [0.717, 1.165) is 0 Å². The Morgan fingerprint density at radius 3 is 1.00 bits per heavy atom. The lowest BCUT2D eigenvalue weighted by molar-refractivity contribution is 0.248. The van der Waals surface area contributed by atoms with Gasteiger partial charge in [0.05, 0.1) is 0 Å². The lowest BCUT2D eigenvalue weighted by Gasteiger charge is -2.09. The van der Waals surface area contributed by atoms with E-state index in [9.17, 15) is 0 Å². The third-order valence-corrected chi connectivity index (χ3v) is 5.11. The van der Waals surface area contributed by atoms with Crippen LogP contribution in [0.4, 0.5) is 0 Å². The van der Waals surface area contributed by atoms with Crippen molar-refractivity contribution in [3.63, 3.8) is 0 Å². The fraction of sp³-hybridized carbons (Fsp3) is 0. The van der Waals surface area contributed by atoms with E-state index in [2.05, 4.69) is 11.8 Å². The van der Waals surface area contributed by atoms with Gasteiger partial charge in [0.2, 0.25) is 0 Å². The van der Waals surface area contributed by atoms with Gasteiger partial charge in [-0.15, -0.1) is 0 Å². The van der Waals surface area contributed by atoms with Crippen molar-refractivity contribution in [3.8, 4) is 11.8 Å². The average molecular weight is 334 g/mol. The van der Waals surface area contributed by atoms with Crippen LogP contribution in [0, 0.1) is 11.8 Å². The predicted octanol–water partition coefficient (Wildman–Crippen LogP) is -2.67. The molecule has 6 N–H and O–H groups in total. The molecular formula is C14H14O6Si2. The number of benzene rings is 2. The molecule has 0 aliphatic heterocycles. The first-order chi connectivity index (χ1) is 10.2. The van der Waals surface area contributed by atoms with Gasteiger partial charge in [-0.1, -0.05) is 36.1 Å². The molecule has 0 spiro atoms. The van der Waals surface area contributed by atoms with E-state index in [0.29, 0.717) is 11.1 Å². The zero-order chi connectivity index (χ0) is 16.4. The Kier molecular flexibility index (Phi) is 4.61. The van der Waals surface area contributed by atoms with Crippen LogP contribution in [-0.2, 0) is 0 Å². The van der Waals surface area contributed by atoms with Crippen molar-refractivity contribution >= 4 is 28.0 Å². The molecule has 8 heteroatoms. The summed E-state index contributed by atoms with van der Waals surface area (Å²) in [4.78, 5) is 54.8. The monoisotopic (exact) mass is 334 g/mol. The zero-order valence-corrected chi connectivity index (χ0v) is 13.3. The van der Waals surface area contributed by atoms with Crippen molar-refractivity contribution in [2.45, 2.75) is 0 Å². The Hall–Kier alpha value is -1.81. The molecule has 0 radical (unpaired) electrons. The van der Waals surface area contributed by atoms with Crippen LogP contribution in [0.5, 0.6) is 0 Å². The van der Waals surface area contributed by atoms with Gasteiger partial charge in [0.1, 0.15) is 0 Å². The Morgan fingerprint density at radius 2 is 0.773 bits per heavy atom. The second kappa shape index (κ2) is 6.13. The number of rotatable bonds is 2. The number of hydrogen-bond acceptors (Lipinski definition) is 6. The van der Waals surface area contributed by atoms with Gasteiger partial charge in [0.15, 0.2) is 0 Å². The Labute approximate surface area is 128 Å². The summed E-state index contributed by atoms with van der Waals surface area (Å²) >= 11 is 0. The van der Waals surface area contributed by atoms with E-state index in [4.69, 9.17) is 28.8 Å². The van der Waals surface area contributed by atoms with Crippen LogP contribution in [0.3, 0.4) is 0 Å². The van der Waals surface area contributed by atoms with Gasteiger partial charge in [-0.05, 0) is 24.3 Å². The summed E-state index contributed by atoms with van der Waals surface area (Å²) in [6, 6.07) is 11.8. The van der Waals surface area contributed by atoms with Gasteiger partial charge in [0.25, 0.3) is 0 Å². The van der Waals surface area contributed by atoms with E-state index >= 15 is 0 Å². The molecule has 2 aromatic carbocycles. The molecule has 0 saturated heterocycles. The van der Waals surface area contributed by atoms with Crippen LogP contribution < -0.4 is 10.4 Å². The van der Waals surface area contributed by atoms with Crippen LogP contribution in [0.25, 0.3) is 0 Å². The van der Waals surface area contributed by atoms with Crippen molar-refractivity contribution in [2.75, 3.05) is 0 Å². The summed E-state index contributed by atoms with van der Waals surface area (Å²) in [6.07, 6.45) is 0. The van der Waals surface area contributed by atoms with Crippen molar-refractivity contribution in [1.82, 2.24) is 0 Å². The van der Waals surface area contributed by atoms with E-state index in [1.54, 1.807) is 24.3 Å². The van der Waals surface area contributed by atoms with E-state index in [1.165, 1.54) is 24.3 Å². The molecule has 114 valence electrons. The van der Waals surface area contributed by atoms with Crippen LogP contribution in [0.15, 0.2) is 48.5 Å². The molecule has 0 bridgehead atoms. The van der Waals surface area contributed by atoms with Gasteiger partial charge in [-0.3, -0.25) is 0 Å². The Balaban J connectivity index is 2.17. The Morgan fingerprint density at radius 1 is 0.500 bits per heavy atom. The van der Waals surface area contributed by atoms with Crippen LogP contribution in [0.2, 0.25) is 0 Å². The van der Waals surface area contributed by atoms with Crippen LogP contribution in [-0.4, -0.2) is 46.4 Å². The molecule has 0 atom stereocenters. The molecule has 0 aliphatic carbocycles. The summed E-state index contributed by atoms with van der Waals surface area (Å²) in [6.45, 7) is 0. The van der Waals surface area contributed by atoms with E-state index < -0.39 is 17.6 Å². The Bertz CT molecular complexity index is 641. The minimum atomic E-state index is -4.28. The molecule has 0 unspecified atom stereocenters. The minimum Gasteiger partial charge on any atom is -0.386 e. The summed E-state index contributed by atoms with van der Waals surface area (Å²) in [5.41, 5.74) is 1.22. The second-order valence-electron chi connectivity index (χ2n) is 4.68. The molecule has 6 nitrogen and oxygen atoms in total. The fourth-order valence-corrected chi connectivity index (χ4v) is 2.93. The quantitative estimate of drug-likeness (QED) is 0.263. The third-order valence-electron chi connectivity index (χ3n) is 2.90. The van der Waals surface area contributed by atoms with Crippen molar-refractivity contribution in [2.24, 2.45) is 0 Å². The maximum absolute atomic E-state index is 9.14. The molecule has 2 rings (SSSR count). The highest BCUT2D eigenvalue weighted by Gasteiger charge is 2.30. The van der Waals surface area contributed by atoms with Gasteiger partial charge >= 0.3 is 17.6 Å². The van der Waals surface area contributed by atoms with Crippen LogP contribution in [0.1, 0.15) is 11.1 Å². The summed E-state index contributed by atoms with van der Waals surface area (Å²) in [7, 11) is -8.57. The average Bonchev–Trinajstić information content (AvgIpc) is 2.44. The first-order valence-electron chi connectivity index (χ1n) is 6.23. The molecule has 0 saturated carbocycles. The van der Waals surface area contributed by atoms with Crippen molar-refractivity contribution < 1.29 is 28.8 Å². The van der Waals surface area contributed by atoms with Gasteiger partial charge in [-0.2, -0.15) is 0 Å². The lowest BCUT2D eigenvalue weighted by atomic mass is 10.2. The maximum atomic E-state index is 9.14. The normalized spacial score (nSPS) is 11.7. The van der Waals surface area contributed by atoms with Gasteiger partial charge in [-0.25, -0.2) is 0 Å². The molecule has 0 heterocycles. The van der Waals surface area contributed by atoms with Crippen molar-refractivity contribution in [1.29, 1.82) is 0 Å². The number of hydrogen-bond donors (Lipinski definition) is 6. The first-order valence-corrected chi connectivity index (χ1v) is 9.92. The molecule has 0 fully saturated rings. The summed E-state index contributed by atoms with van der Waals surface area (Å²) < 4.78 is 0. The van der Waals surface area contributed by atoms with Crippen molar-refractivity contribution in [3.05, 3.63) is 59.7 Å². The van der Waals surface area contributed by atoms with E-state index in [-0.39, 0.29) is 10.4 Å². The summed E-state index contributed by atoms with van der Waals surface area (Å²) in [5.74, 6) is 5.68. The SMILES string of the molecule is O[Si](O)(O)c1ccc(C#Cc2ccc([Si](O)(O)O)cc2)cc1. The molecule has 2 aromatic rings. The molecule has 22 heavy (non-hydrogen) atoms. The highest BCUT2D eigenvalue weighted by Crippen LogP contribution is 2.01. The standard InChI is InChI=1S/C14H14O6Si2/c15-21(16,17)13-7-3-11(4-8-13)1-2-12-5-9-14(10-6-12)22(18,19)20/h3-10,15-20H. The minimum absolute atomic E-state index is 0.0672. The second-order valence-corrected chi connectivity index (χ2v) is 8.37. The fourth-order valence-electron chi connectivity index (χ4n) is 1.70. The topological polar surface area (TPSA) is 121 Å². The molecule has 0 aliphatic rings. The smallest absolute Gasteiger partial charge is 0.386 e. The maximum Gasteiger partial charge on any atom is 0.528 e.